The zero-order valence-electron chi connectivity index (χ0n) is 12.2. The number of H-pyrrole nitrogens is 1. The van der Waals surface area contributed by atoms with E-state index in [0.717, 1.165) is 6.33 Å². The highest BCUT2D eigenvalue weighted by molar-refractivity contribution is 5.69. The van der Waals surface area contributed by atoms with E-state index in [9.17, 15) is 9.59 Å². The Morgan fingerprint density at radius 3 is 3.08 bits per heavy atom. The van der Waals surface area contributed by atoms with E-state index >= 15 is 0 Å². The minimum Gasteiger partial charge on any atom is -0.328 e. The van der Waals surface area contributed by atoms with Crippen molar-refractivity contribution in [1.29, 1.82) is 0 Å². The van der Waals surface area contributed by atoms with Crippen LogP contribution in [0.1, 0.15) is 8.22 Å². The summed E-state index contributed by atoms with van der Waals surface area (Å²) in [6.07, 6.45) is 0.800. The summed E-state index contributed by atoms with van der Waals surface area (Å²) < 4.78 is 44.1. The molecule has 0 saturated heterocycles. The summed E-state index contributed by atoms with van der Waals surface area (Å²) in [5, 5.41) is 0. The van der Waals surface area contributed by atoms with Crippen molar-refractivity contribution in [3.05, 3.63) is 27.2 Å². The number of hydrogen-bond donors (Lipinski definition) is 1. The monoisotopic (exact) mass is 186 g/mol. The van der Waals surface area contributed by atoms with Gasteiger partial charge >= 0.3 is 5.69 Å². The first-order valence-corrected chi connectivity index (χ1v) is 3.27. The molecule has 0 fully saturated rings. The van der Waals surface area contributed by atoms with Crippen LogP contribution in [0, 0.1) is 0 Å². The molecule has 2 heterocycles. The lowest BCUT2D eigenvalue weighted by Crippen LogP contribution is -2.28. The Bertz CT molecular complexity index is 748. The zero-order valence-corrected chi connectivity index (χ0v) is 6.24. The van der Waals surface area contributed by atoms with Gasteiger partial charge in [-0.15, -0.1) is 0 Å². The number of aromatic nitrogens is 4. The van der Waals surface area contributed by atoms with Gasteiger partial charge in [-0.1, -0.05) is 0 Å². The first-order valence-electron chi connectivity index (χ1n) is 6.27. The van der Waals surface area contributed by atoms with Crippen LogP contribution in [0.4, 0.5) is 0 Å². The minimum atomic E-state index is -2.88. The lowest BCUT2D eigenvalue weighted by Gasteiger charge is -1.97. The van der Waals surface area contributed by atoms with E-state index in [-0.39, 0.29) is 4.57 Å². The van der Waals surface area contributed by atoms with Crippen LogP contribution in [0.15, 0.2) is 15.9 Å². The summed E-state index contributed by atoms with van der Waals surface area (Å²) in [4.78, 5) is 28.5. The van der Waals surface area contributed by atoms with Crippen LogP contribution in [-0.2, 0) is 14.0 Å². The van der Waals surface area contributed by atoms with E-state index in [1.54, 1.807) is 4.98 Å². The smallest absolute Gasteiger partial charge is 0.328 e. The number of nitrogens with one attached hydrogen (secondary N) is 1. The maximum absolute atomic E-state index is 11.6. The Balaban J connectivity index is 3.01. The van der Waals surface area contributed by atoms with Gasteiger partial charge in [0.2, 0.25) is 0 Å². The molecule has 13 heavy (non-hydrogen) atoms. The van der Waals surface area contributed by atoms with E-state index in [1.807, 2.05) is 0 Å². The van der Waals surface area contributed by atoms with Gasteiger partial charge in [-0.05, 0) is 0 Å². The van der Waals surface area contributed by atoms with Crippen LogP contribution in [0.5, 0.6) is 0 Å². The van der Waals surface area contributed by atoms with Gasteiger partial charge in [0.05, 0.1) is 6.33 Å². The zero-order chi connectivity index (χ0) is 14.6. The molecule has 2 aromatic rings. The van der Waals surface area contributed by atoms with Crippen molar-refractivity contribution >= 4 is 11.2 Å². The second kappa shape index (κ2) is 2.32. The SMILES string of the molecule is [2H]C([2H])([2H])n1cnc2c1c(=O)[nH]c(=O)n2C([2H])([2H])[2H]. The molecule has 0 aliphatic rings. The van der Waals surface area contributed by atoms with Crippen molar-refractivity contribution < 1.29 is 8.22 Å². The molecule has 6 heteroatoms. The van der Waals surface area contributed by atoms with Gasteiger partial charge in [-0.25, -0.2) is 9.78 Å². The maximum Gasteiger partial charge on any atom is 0.329 e. The predicted molar refractivity (Wildman–Crippen MR) is 46.6 cm³/mol. The molecular formula is C7H8N4O2. The summed E-state index contributed by atoms with van der Waals surface area (Å²) in [7, 11) is 0. The average molecular weight is 186 g/mol. The van der Waals surface area contributed by atoms with Crippen LogP contribution >= 0.6 is 0 Å². The molecule has 0 bridgehead atoms. The predicted octanol–water partition coefficient (Wildman–Crippen LogP) is -1.04. The second-order valence-electron chi connectivity index (χ2n) is 2.38. The first kappa shape index (κ1) is 3.49. The fraction of sp³-hybridized carbons (Fsp3) is 0.286. The number of rotatable bonds is 0. The molecule has 0 unspecified atom stereocenters. The fourth-order valence-corrected chi connectivity index (χ4v) is 1.02. The van der Waals surface area contributed by atoms with E-state index in [2.05, 4.69) is 4.98 Å². The highest BCUT2D eigenvalue weighted by Crippen LogP contribution is 2.00. The van der Waals surface area contributed by atoms with Gasteiger partial charge in [-0.2, -0.15) is 0 Å². The molecule has 6 nitrogen and oxygen atoms in total. The summed E-state index contributed by atoms with van der Waals surface area (Å²) in [5.74, 6) is 0. The standard InChI is InChI=1S/C7H8N4O2/c1-10-3-8-5-4(10)6(12)9-7(13)11(5)2/h3H,1-2H3,(H,9,12,13)/i1D3,2D3. The second-order valence-corrected chi connectivity index (χ2v) is 2.38. The van der Waals surface area contributed by atoms with E-state index < -0.39 is 36.4 Å². The molecule has 2 aromatic heterocycles. The summed E-state index contributed by atoms with van der Waals surface area (Å²) in [6.45, 7) is -5.59. The summed E-state index contributed by atoms with van der Waals surface area (Å²) in [6, 6.07) is 0. The normalized spacial score (nSPS) is 19.7. The number of nitrogens with zero attached hydrogens (tertiary/aromatic N) is 3. The number of imidazole rings is 1. The minimum absolute atomic E-state index is 0.270. The van der Waals surface area contributed by atoms with Gasteiger partial charge in [0, 0.05) is 22.2 Å². The molecule has 0 atom stereocenters. The number of hydrogen-bond acceptors (Lipinski definition) is 3. The van der Waals surface area contributed by atoms with Gasteiger partial charge in [0.25, 0.3) is 5.56 Å². The third kappa shape index (κ3) is 0.915. The van der Waals surface area contributed by atoms with E-state index in [1.165, 1.54) is 0 Å². The van der Waals surface area contributed by atoms with Crippen LogP contribution in [0.2, 0.25) is 0 Å². The first-order chi connectivity index (χ1) is 8.53. The highest BCUT2D eigenvalue weighted by atomic mass is 16.2. The highest BCUT2D eigenvalue weighted by Gasteiger charge is 2.08. The fourth-order valence-electron chi connectivity index (χ4n) is 1.02. The molecule has 1 N–H and O–H groups in total. The molecular weight excluding hydrogens is 172 g/mol. The Morgan fingerprint density at radius 1 is 1.54 bits per heavy atom. The largest absolute Gasteiger partial charge is 0.329 e. The van der Waals surface area contributed by atoms with Crippen molar-refractivity contribution in [3.63, 3.8) is 0 Å². The van der Waals surface area contributed by atoms with Gasteiger partial charge in [0.1, 0.15) is 0 Å². The molecule has 0 aromatic carbocycles. The van der Waals surface area contributed by atoms with Crippen LogP contribution in [0.3, 0.4) is 0 Å². The van der Waals surface area contributed by atoms with E-state index in [4.69, 9.17) is 8.22 Å². The molecule has 68 valence electrons. The Labute approximate surface area is 80.9 Å². The summed E-state index contributed by atoms with van der Waals surface area (Å²) in [5.41, 5.74) is -3.16. The molecule has 0 spiro atoms. The Hall–Kier alpha value is -1.85. The molecule has 0 radical (unpaired) electrons. The molecule has 0 saturated carbocycles. The molecule has 0 amide bonds. The number of aryl methyl sites for hydroxylation is 2. The van der Waals surface area contributed by atoms with Crippen molar-refractivity contribution in [2.75, 3.05) is 0 Å². The van der Waals surface area contributed by atoms with Gasteiger partial charge < -0.3 is 4.57 Å². The third-order valence-corrected chi connectivity index (χ3v) is 1.60. The lowest BCUT2D eigenvalue weighted by molar-refractivity contribution is 0.829. The quantitative estimate of drug-likeness (QED) is 0.571. The average Bonchev–Trinajstić information content (AvgIpc) is 2.58. The van der Waals surface area contributed by atoms with Crippen molar-refractivity contribution in [1.82, 2.24) is 19.1 Å². The van der Waals surface area contributed by atoms with Crippen molar-refractivity contribution in [2.24, 2.45) is 14.0 Å². The Kier molecular flexibility index (Phi) is 0.622. The van der Waals surface area contributed by atoms with Crippen LogP contribution in [0.25, 0.3) is 11.2 Å². The van der Waals surface area contributed by atoms with Gasteiger partial charge in [0.15, 0.2) is 11.2 Å². The van der Waals surface area contributed by atoms with Crippen LogP contribution < -0.4 is 11.2 Å². The topological polar surface area (TPSA) is 72.7 Å². The molecule has 0 aliphatic heterocycles. The summed E-state index contributed by atoms with van der Waals surface area (Å²) >= 11 is 0. The van der Waals surface area contributed by atoms with Crippen molar-refractivity contribution in [2.45, 2.75) is 0 Å². The molecule has 0 aliphatic carbocycles. The van der Waals surface area contributed by atoms with Crippen LogP contribution in [-0.4, -0.2) is 19.1 Å². The number of aromatic amines is 1. The third-order valence-electron chi connectivity index (χ3n) is 1.60. The van der Waals surface area contributed by atoms with E-state index in [0.29, 0.717) is 4.57 Å². The lowest BCUT2D eigenvalue weighted by atomic mass is 10.5. The molecule has 2 rings (SSSR count). The Morgan fingerprint density at radius 2 is 2.38 bits per heavy atom. The van der Waals surface area contributed by atoms with Crippen molar-refractivity contribution in [3.8, 4) is 0 Å². The van der Waals surface area contributed by atoms with Gasteiger partial charge in [-0.3, -0.25) is 14.3 Å². The number of fused-ring (bicyclic) bond motifs is 1. The maximum atomic E-state index is 11.6.